The summed E-state index contributed by atoms with van der Waals surface area (Å²) in [5.41, 5.74) is 9.23. The van der Waals surface area contributed by atoms with E-state index in [1.54, 1.807) is 12.4 Å². The summed E-state index contributed by atoms with van der Waals surface area (Å²) in [5.74, 6) is -0.147. The van der Waals surface area contributed by atoms with Crippen molar-refractivity contribution in [2.45, 2.75) is 39.0 Å². The number of rotatable bonds is 8. The summed E-state index contributed by atoms with van der Waals surface area (Å²) >= 11 is 0. The lowest BCUT2D eigenvalue weighted by atomic mass is 9.92. The highest BCUT2D eigenvalue weighted by Crippen LogP contribution is 2.25. The standard InChI is InChI=1S/C19H26N4O/c1-3-4-5-16(19(24)23-11-8-20)15-7-10-22-18(13-15)17-12-14(2)6-9-21-17/h6-7,9-10,12-13,16H,3-5,8,11,20H2,1-2H3,(H,23,24). The number of aromatic nitrogens is 2. The summed E-state index contributed by atoms with van der Waals surface area (Å²) in [6.45, 7) is 5.10. The molecule has 1 unspecified atom stereocenters. The van der Waals surface area contributed by atoms with Crippen molar-refractivity contribution in [3.8, 4) is 11.4 Å². The van der Waals surface area contributed by atoms with Crippen molar-refractivity contribution in [1.29, 1.82) is 0 Å². The molecule has 3 N–H and O–H groups in total. The fourth-order valence-electron chi connectivity index (χ4n) is 2.66. The van der Waals surface area contributed by atoms with Gasteiger partial charge in [-0.15, -0.1) is 0 Å². The molecule has 0 radical (unpaired) electrons. The predicted molar refractivity (Wildman–Crippen MR) is 96.5 cm³/mol. The van der Waals surface area contributed by atoms with Crippen LogP contribution in [0.15, 0.2) is 36.7 Å². The highest BCUT2D eigenvalue weighted by molar-refractivity contribution is 5.83. The van der Waals surface area contributed by atoms with Crippen LogP contribution >= 0.6 is 0 Å². The van der Waals surface area contributed by atoms with Gasteiger partial charge in [-0.1, -0.05) is 19.8 Å². The second-order valence-electron chi connectivity index (χ2n) is 5.97. The minimum atomic E-state index is -0.178. The lowest BCUT2D eigenvalue weighted by Crippen LogP contribution is -2.33. The van der Waals surface area contributed by atoms with Gasteiger partial charge in [-0.05, 0) is 48.7 Å². The zero-order chi connectivity index (χ0) is 17.4. The van der Waals surface area contributed by atoms with Crippen LogP contribution in [0.4, 0.5) is 0 Å². The molecule has 5 nitrogen and oxygen atoms in total. The van der Waals surface area contributed by atoms with E-state index in [4.69, 9.17) is 5.73 Å². The number of hydrogen-bond donors (Lipinski definition) is 2. The Kier molecular flexibility index (Phi) is 6.88. The number of carbonyl (C=O) groups excluding carboxylic acids is 1. The lowest BCUT2D eigenvalue weighted by Gasteiger charge is -2.17. The minimum Gasteiger partial charge on any atom is -0.354 e. The van der Waals surface area contributed by atoms with Crippen LogP contribution in [-0.2, 0) is 4.79 Å². The molecule has 1 atom stereocenters. The van der Waals surface area contributed by atoms with Gasteiger partial charge in [0.05, 0.1) is 17.3 Å². The van der Waals surface area contributed by atoms with Gasteiger partial charge in [-0.25, -0.2) is 0 Å². The van der Waals surface area contributed by atoms with Gasteiger partial charge in [0.2, 0.25) is 5.91 Å². The Labute approximate surface area is 143 Å². The monoisotopic (exact) mass is 326 g/mol. The van der Waals surface area contributed by atoms with Crippen LogP contribution in [0, 0.1) is 6.92 Å². The topological polar surface area (TPSA) is 80.9 Å². The SMILES string of the molecule is CCCCC(C(=O)NCCN)c1ccnc(-c2cc(C)ccn2)c1. The first kappa shape index (κ1) is 18.1. The van der Waals surface area contributed by atoms with Gasteiger partial charge in [-0.2, -0.15) is 0 Å². The maximum absolute atomic E-state index is 12.5. The average Bonchev–Trinajstić information content (AvgIpc) is 2.60. The average molecular weight is 326 g/mol. The van der Waals surface area contributed by atoms with Crippen LogP contribution < -0.4 is 11.1 Å². The van der Waals surface area contributed by atoms with Crippen LogP contribution in [0.1, 0.15) is 43.2 Å². The smallest absolute Gasteiger partial charge is 0.227 e. The van der Waals surface area contributed by atoms with Gasteiger partial charge in [0.1, 0.15) is 0 Å². The molecule has 2 aromatic rings. The van der Waals surface area contributed by atoms with E-state index < -0.39 is 0 Å². The van der Waals surface area contributed by atoms with E-state index in [1.807, 2.05) is 31.2 Å². The van der Waals surface area contributed by atoms with Crippen LogP contribution in [-0.4, -0.2) is 29.0 Å². The Hall–Kier alpha value is -2.27. The fraction of sp³-hybridized carbons (Fsp3) is 0.421. The maximum atomic E-state index is 12.5. The zero-order valence-electron chi connectivity index (χ0n) is 14.5. The van der Waals surface area contributed by atoms with E-state index in [0.717, 1.165) is 41.8 Å². The van der Waals surface area contributed by atoms with Crippen LogP contribution in [0.5, 0.6) is 0 Å². The third-order valence-corrected chi connectivity index (χ3v) is 3.97. The second-order valence-corrected chi connectivity index (χ2v) is 5.97. The molecule has 2 heterocycles. The Morgan fingerprint density at radius 3 is 2.58 bits per heavy atom. The van der Waals surface area contributed by atoms with E-state index in [1.165, 1.54) is 0 Å². The number of pyridine rings is 2. The highest BCUT2D eigenvalue weighted by Gasteiger charge is 2.20. The highest BCUT2D eigenvalue weighted by atomic mass is 16.1. The molecule has 5 heteroatoms. The summed E-state index contributed by atoms with van der Waals surface area (Å²) in [5, 5.41) is 2.91. The second kappa shape index (κ2) is 9.13. The number of hydrogen-bond acceptors (Lipinski definition) is 4. The van der Waals surface area contributed by atoms with Gasteiger partial charge < -0.3 is 11.1 Å². The fourth-order valence-corrected chi connectivity index (χ4v) is 2.66. The quantitative estimate of drug-likeness (QED) is 0.781. The molecule has 0 aliphatic rings. The van der Waals surface area contributed by atoms with E-state index in [0.29, 0.717) is 13.1 Å². The number of carbonyl (C=O) groups is 1. The summed E-state index contributed by atoms with van der Waals surface area (Å²) in [7, 11) is 0. The summed E-state index contributed by atoms with van der Waals surface area (Å²) in [6.07, 6.45) is 6.40. The molecule has 2 aromatic heterocycles. The van der Waals surface area contributed by atoms with Crippen molar-refractivity contribution >= 4 is 5.91 Å². The van der Waals surface area contributed by atoms with Gasteiger partial charge in [0.15, 0.2) is 0 Å². The number of aryl methyl sites for hydroxylation is 1. The first-order valence-electron chi connectivity index (χ1n) is 8.52. The van der Waals surface area contributed by atoms with Crippen molar-refractivity contribution in [2.24, 2.45) is 5.73 Å². The van der Waals surface area contributed by atoms with Gasteiger partial charge >= 0.3 is 0 Å². The molecule has 1 amide bonds. The molecule has 0 spiro atoms. The van der Waals surface area contributed by atoms with Crippen molar-refractivity contribution in [2.75, 3.05) is 13.1 Å². The Bertz CT molecular complexity index is 672. The summed E-state index contributed by atoms with van der Waals surface area (Å²) in [4.78, 5) is 21.3. The van der Waals surface area contributed by atoms with Crippen LogP contribution in [0.2, 0.25) is 0 Å². The first-order valence-corrected chi connectivity index (χ1v) is 8.52. The Balaban J connectivity index is 2.29. The molecule has 0 saturated carbocycles. The van der Waals surface area contributed by atoms with E-state index in [-0.39, 0.29) is 11.8 Å². The number of unbranched alkanes of at least 4 members (excludes halogenated alkanes) is 1. The number of nitrogens with one attached hydrogen (secondary N) is 1. The Morgan fingerprint density at radius 1 is 1.21 bits per heavy atom. The minimum absolute atomic E-state index is 0.0308. The lowest BCUT2D eigenvalue weighted by molar-refractivity contribution is -0.122. The van der Waals surface area contributed by atoms with Gasteiger partial charge in [-0.3, -0.25) is 14.8 Å². The van der Waals surface area contributed by atoms with E-state index >= 15 is 0 Å². The van der Waals surface area contributed by atoms with Crippen LogP contribution in [0.3, 0.4) is 0 Å². The molecule has 0 aliphatic carbocycles. The van der Waals surface area contributed by atoms with Crippen molar-refractivity contribution in [1.82, 2.24) is 15.3 Å². The molecule has 0 aromatic carbocycles. The summed E-state index contributed by atoms with van der Waals surface area (Å²) < 4.78 is 0. The van der Waals surface area contributed by atoms with Crippen molar-refractivity contribution < 1.29 is 4.79 Å². The third-order valence-electron chi connectivity index (χ3n) is 3.97. The zero-order valence-corrected chi connectivity index (χ0v) is 14.5. The van der Waals surface area contributed by atoms with E-state index in [2.05, 4.69) is 22.2 Å². The van der Waals surface area contributed by atoms with Crippen molar-refractivity contribution in [3.63, 3.8) is 0 Å². The van der Waals surface area contributed by atoms with E-state index in [9.17, 15) is 4.79 Å². The largest absolute Gasteiger partial charge is 0.354 e. The number of nitrogens with zero attached hydrogens (tertiary/aromatic N) is 2. The molecule has 0 saturated heterocycles. The Morgan fingerprint density at radius 2 is 1.92 bits per heavy atom. The predicted octanol–water partition coefficient (Wildman–Crippen LogP) is 2.80. The molecule has 0 fully saturated rings. The molecule has 24 heavy (non-hydrogen) atoms. The molecule has 0 aliphatic heterocycles. The van der Waals surface area contributed by atoms with Gasteiger partial charge in [0, 0.05) is 25.5 Å². The number of amides is 1. The molecule has 0 bridgehead atoms. The number of nitrogens with two attached hydrogens (primary N) is 1. The normalized spacial score (nSPS) is 12.0. The van der Waals surface area contributed by atoms with Gasteiger partial charge in [0.25, 0.3) is 0 Å². The maximum Gasteiger partial charge on any atom is 0.227 e. The molecule has 2 rings (SSSR count). The molecular weight excluding hydrogens is 300 g/mol. The molecular formula is C19H26N4O. The third kappa shape index (κ3) is 4.86. The first-order chi connectivity index (χ1) is 11.7. The molecule has 128 valence electrons. The van der Waals surface area contributed by atoms with Crippen molar-refractivity contribution in [3.05, 3.63) is 47.8 Å². The summed E-state index contributed by atoms with van der Waals surface area (Å²) in [6, 6.07) is 7.85. The van der Waals surface area contributed by atoms with Crippen LogP contribution in [0.25, 0.3) is 11.4 Å².